The van der Waals surface area contributed by atoms with Crippen LogP contribution in [-0.4, -0.2) is 40.7 Å². The molecule has 0 bridgehead atoms. The van der Waals surface area contributed by atoms with Crippen LogP contribution in [0.1, 0.15) is 0 Å². The maximum Gasteiger partial charge on any atom is 0.123 e. The van der Waals surface area contributed by atoms with E-state index in [0.29, 0.717) is 0 Å². The second-order valence-electron chi connectivity index (χ2n) is 1.58. The molecule has 0 saturated carbocycles. The molecule has 0 fully saturated rings. The fourth-order valence-electron chi connectivity index (χ4n) is 0.343. The summed E-state index contributed by atoms with van der Waals surface area (Å²) in [6, 6.07) is 0. The minimum atomic E-state index is -1.06. The van der Waals surface area contributed by atoms with E-state index >= 15 is 0 Å². The Labute approximate surface area is 58.7 Å². The van der Waals surface area contributed by atoms with Crippen molar-refractivity contribution in [3.8, 4) is 0 Å². The number of aliphatic hydroxyl groups is 3. The van der Waals surface area contributed by atoms with Gasteiger partial charge < -0.3 is 19.5 Å². The molecule has 1 unspecified atom stereocenters. The molecule has 0 aromatic rings. The van der Waals surface area contributed by atoms with Gasteiger partial charge >= 0.3 is 0 Å². The van der Waals surface area contributed by atoms with Crippen molar-refractivity contribution in [2.75, 3.05) is 13.2 Å². The molecule has 9 heavy (non-hydrogen) atoms. The number of rotatable bonds is 4. The third-order valence-electron chi connectivity index (χ3n) is 0.932. The van der Waals surface area contributed by atoms with Gasteiger partial charge in [-0.3, -0.25) is 0 Å². The van der Waals surface area contributed by atoms with Crippen LogP contribution < -0.4 is 0 Å². The van der Waals surface area contributed by atoms with Gasteiger partial charge in [0.05, 0.1) is 13.2 Å². The Morgan fingerprint density at radius 1 is 1.33 bits per heavy atom. The van der Waals surface area contributed by atoms with Crippen LogP contribution in [0.15, 0.2) is 0 Å². The number of hydrogen-bond acceptors (Lipinski definition) is 5. The molecule has 2 atom stereocenters. The molecule has 0 aliphatic carbocycles. The molecule has 0 aromatic carbocycles. The molecule has 0 heterocycles. The lowest BCUT2D eigenvalue weighted by Crippen LogP contribution is -2.32. The zero-order chi connectivity index (χ0) is 7.28. The lowest BCUT2D eigenvalue weighted by Gasteiger charge is -2.14. The maximum atomic E-state index is 8.73. The minimum Gasteiger partial charge on any atom is -0.394 e. The van der Waals surface area contributed by atoms with Crippen LogP contribution in [0.25, 0.3) is 0 Å². The summed E-state index contributed by atoms with van der Waals surface area (Å²) in [6.45, 7) is -0.795. The fraction of sp³-hybridized carbons (Fsp3) is 1.00. The van der Waals surface area contributed by atoms with Crippen molar-refractivity contribution in [1.29, 1.82) is 0 Å². The second kappa shape index (κ2) is 5.01. The Kier molecular flexibility index (Phi) is 5.12. The predicted octanol–water partition coefficient (Wildman–Crippen LogP) is -1.44. The largest absolute Gasteiger partial charge is 0.394 e. The Morgan fingerprint density at radius 3 is 2.00 bits per heavy atom. The molecule has 0 amide bonds. The highest BCUT2D eigenvalue weighted by atomic mass is 32.1. The van der Waals surface area contributed by atoms with Crippen LogP contribution in [0, 0.1) is 0 Å². The van der Waals surface area contributed by atoms with Crippen LogP contribution in [0.3, 0.4) is 0 Å². The first-order chi connectivity index (χ1) is 4.26. The zero-order valence-electron chi connectivity index (χ0n) is 4.77. The van der Waals surface area contributed by atoms with Crippen molar-refractivity contribution in [3.63, 3.8) is 0 Å². The lowest BCUT2D eigenvalue weighted by molar-refractivity contribution is -0.0155. The van der Waals surface area contributed by atoms with Crippen LogP contribution in [-0.2, 0) is 4.18 Å². The normalized spacial score (nSPS) is 17.3. The van der Waals surface area contributed by atoms with Crippen LogP contribution in [0.2, 0.25) is 0 Å². The first kappa shape index (κ1) is 9.19. The van der Waals surface area contributed by atoms with Gasteiger partial charge in [-0.1, -0.05) is 0 Å². The van der Waals surface area contributed by atoms with Gasteiger partial charge in [-0.05, 0) is 12.9 Å². The fourth-order valence-corrected chi connectivity index (χ4v) is 0.550. The molecule has 5 heteroatoms. The molecule has 0 radical (unpaired) electrons. The SMILES string of the molecule is OCC(O)[C@H](CO)OS. The molecule has 0 aliphatic rings. The van der Waals surface area contributed by atoms with E-state index in [9.17, 15) is 0 Å². The van der Waals surface area contributed by atoms with E-state index in [1.165, 1.54) is 0 Å². The van der Waals surface area contributed by atoms with Gasteiger partial charge in [0.15, 0.2) is 0 Å². The van der Waals surface area contributed by atoms with Crippen molar-refractivity contribution in [1.82, 2.24) is 0 Å². The third kappa shape index (κ3) is 3.02. The van der Waals surface area contributed by atoms with Crippen molar-refractivity contribution >= 4 is 12.9 Å². The predicted molar refractivity (Wildman–Crippen MR) is 34.0 cm³/mol. The highest BCUT2D eigenvalue weighted by molar-refractivity contribution is 7.75. The molecule has 0 aromatic heterocycles. The minimum absolute atomic E-state index is 0.356. The van der Waals surface area contributed by atoms with Crippen LogP contribution in [0.5, 0.6) is 0 Å². The summed E-state index contributed by atoms with van der Waals surface area (Å²) in [5, 5.41) is 25.4. The van der Waals surface area contributed by atoms with Crippen molar-refractivity contribution in [3.05, 3.63) is 0 Å². The van der Waals surface area contributed by atoms with E-state index in [2.05, 4.69) is 17.1 Å². The molecule has 3 N–H and O–H groups in total. The second-order valence-corrected chi connectivity index (χ2v) is 1.79. The molecular weight excluding hydrogens is 144 g/mol. The Balaban J connectivity index is 3.50. The summed E-state index contributed by atoms with van der Waals surface area (Å²) in [5.41, 5.74) is 0. The number of thiol groups is 1. The van der Waals surface area contributed by atoms with Gasteiger partial charge in [0.25, 0.3) is 0 Å². The third-order valence-corrected chi connectivity index (χ3v) is 1.20. The Bertz CT molecular complexity index is 65.6. The van der Waals surface area contributed by atoms with Gasteiger partial charge in [-0.25, -0.2) is 0 Å². The van der Waals surface area contributed by atoms with Gasteiger partial charge in [0.2, 0.25) is 0 Å². The summed E-state index contributed by atoms with van der Waals surface area (Å²) < 4.78 is 4.29. The smallest absolute Gasteiger partial charge is 0.123 e. The van der Waals surface area contributed by atoms with Gasteiger partial charge in [0, 0.05) is 0 Å². The monoisotopic (exact) mass is 154 g/mol. The average molecular weight is 154 g/mol. The molecular formula is C4H10O4S. The van der Waals surface area contributed by atoms with E-state index in [-0.39, 0.29) is 6.61 Å². The summed E-state index contributed by atoms with van der Waals surface area (Å²) in [7, 11) is 0. The van der Waals surface area contributed by atoms with E-state index < -0.39 is 18.8 Å². The summed E-state index contributed by atoms with van der Waals surface area (Å²) >= 11 is 3.36. The number of aliphatic hydroxyl groups excluding tert-OH is 3. The summed E-state index contributed by atoms with van der Waals surface area (Å²) in [4.78, 5) is 0. The summed E-state index contributed by atoms with van der Waals surface area (Å²) in [5.74, 6) is 0. The van der Waals surface area contributed by atoms with Gasteiger partial charge in [0.1, 0.15) is 12.2 Å². The molecule has 0 aliphatic heterocycles. The van der Waals surface area contributed by atoms with Crippen LogP contribution >= 0.6 is 12.9 Å². The Morgan fingerprint density at radius 2 is 1.89 bits per heavy atom. The van der Waals surface area contributed by atoms with E-state index in [1.54, 1.807) is 0 Å². The molecule has 0 rings (SSSR count). The first-order valence-electron chi connectivity index (χ1n) is 2.46. The van der Waals surface area contributed by atoms with Gasteiger partial charge in [-0.15, -0.1) is 0 Å². The highest BCUT2D eigenvalue weighted by Gasteiger charge is 2.16. The first-order valence-corrected chi connectivity index (χ1v) is 2.82. The number of hydrogen-bond donors (Lipinski definition) is 4. The standard InChI is InChI=1S/C4H10O4S/c5-1-3(7)4(2-6)8-9/h3-7,9H,1-2H2/t3?,4-/m0/s1. The Hall–Kier alpha value is 0.190. The molecule has 56 valence electrons. The van der Waals surface area contributed by atoms with Crippen molar-refractivity contribution in [2.24, 2.45) is 0 Å². The zero-order valence-corrected chi connectivity index (χ0v) is 5.66. The van der Waals surface area contributed by atoms with Crippen molar-refractivity contribution < 1.29 is 19.5 Å². The average Bonchev–Trinajstić information content (AvgIpc) is 1.90. The topological polar surface area (TPSA) is 69.9 Å². The molecule has 0 saturated heterocycles. The van der Waals surface area contributed by atoms with E-state index in [1.807, 2.05) is 0 Å². The lowest BCUT2D eigenvalue weighted by atomic mass is 10.2. The van der Waals surface area contributed by atoms with E-state index in [0.717, 1.165) is 0 Å². The molecule has 4 nitrogen and oxygen atoms in total. The highest BCUT2D eigenvalue weighted by Crippen LogP contribution is 1.99. The van der Waals surface area contributed by atoms with Crippen LogP contribution in [0.4, 0.5) is 0 Å². The van der Waals surface area contributed by atoms with E-state index in [4.69, 9.17) is 15.3 Å². The van der Waals surface area contributed by atoms with Crippen molar-refractivity contribution in [2.45, 2.75) is 12.2 Å². The maximum absolute atomic E-state index is 8.73. The molecule has 0 spiro atoms. The van der Waals surface area contributed by atoms with Gasteiger partial charge in [-0.2, -0.15) is 0 Å². The summed E-state index contributed by atoms with van der Waals surface area (Å²) in [6.07, 6.45) is -1.87. The quantitative estimate of drug-likeness (QED) is 0.296.